The zero-order chi connectivity index (χ0) is 20.9. The summed E-state index contributed by atoms with van der Waals surface area (Å²) >= 11 is 7.73. The minimum Gasteiger partial charge on any atom is -0.370 e. The van der Waals surface area contributed by atoms with Gasteiger partial charge in [-0.2, -0.15) is 0 Å². The topological polar surface area (TPSA) is 61.0 Å². The molecule has 170 valence electrons. The molecule has 0 aliphatic carbocycles. The predicted molar refractivity (Wildman–Crippen MR) is 142 cm³/mol. The number of anilines is 1. The van der Waals surface area contributed by atoms with Crippen molar-refractivity contribution in [2.24, 2.45) is 16.6 Å². The highest BCUT2D eigenvalue weighted by Crippen LogP contribution is 2.21. The first kappa shape index (κ1) is 24.5. The summed E-state index contributed by atoms with van der Waals surface area (Å²) in [6, 6.07) is 8.05. The van der Waals surface area contributed by atoms with E-state index in [-0.39, 0.29) is 24.0 Å². The lowest BCUT2D eigenvalue weighted by molar-refractivity contribution is 0.179. The van der Waals surface area contributed by atoms with Gasteiger partial charge in [0.15, 0.2) is 5.96 Å². The van der Waals surface area contributed by atoms with Crippen molar-refractivity contribution in [3.05, 3.63) is 45.4 Å². The van der Waals surface area contributed by atoms with Gasteiger partial charge < -0.3 is 15.5 Å². The van der Waals surface area contributed by atoms with Gasteiger partial charge in [0.05, 0.1) is 10.7 Å². The number of thiazole rings is 1. The Bertz CT molecular complexity index is 842. The molecule has 0 amide bonds. The molecular weight excluding hydrogens is 543 g/mol. The number of halogens is 2. The lowest BCUT2D eigenvalue weighted by atomic mass is 9.97. The molecule has 1 aromatic carbocycles. The third-order valence-electron chi connectivity index (χ3n) is 6.07. The number of guanidine groups is 1. The van der Waals surface area contributed by atoms with Crippen molar-refractivity contribution in [3.8, 4) is 0 Å². The van der Waals surface area contributed by atoms with Crippen molar-refractivity contribution in [2.45, 2.75) is 26.3 Å². The lowest BCUT2D eigenvalue weighted by Crippen LogP contribution is -2.51. The minimum absolute atomic E-state index is 0. The average molecular weight is 575 g/mol. The predicted octanol–water partition coefficient (Wildman–Crippen LogP) is 4.07. The number of aromatic nitrogens is 1. The number of nitrogens with zero attached hydrogens (tertiary/aromatic N) is 5. The molecule has 4 rings (SSSR count). The molecule has 3 heterocycles. The van der Waals surface area contributed by atoms with Crippen molar-refractivity contribution in [1.82, 2.24) is 14.8 Å². The second-order valence-electron chi connectivity index (χ2n) is 8.23. The molecular formula is C22H32ClIN6S. The number of benzene rings is 1. The Kier molecular flexibility index (Phi) is 9.24. The van der Waals surface area contributed by atoms with Crippen molar-refractivity contribution in [3.63, 3.8) is 0 Å². The van der Waals surface area contributed by atoms with E-state index in [0.717, 1.165) is 62.4 Å². The quantitative estimate of drug-likeness (QED) is 0.331. The van der Waals surface area contributed by atoms with E-state index < -0.39 is 0 Å². The Morgan fingerprint density at radius 1 is 1.13 bits per heavy atom. The Balaban J connectivity index is 0.00000272. The van der Waals surface area contributed by atoms with E-state index in [2.05, 4.69) is 44.1 Å². The molecule has 6 nitrogen and oxygen atoms in total. The van der Waals surface area contributed by atoms with E-state index >= 15 is 0 Å². The number of likely N-dealkylation sites (tertiary alicyclic amines) is 1. The highest BCUT2D eigenvalue weighted by molar-refractivity contribution is 14.0. The number of hydrogen-bond acceptors (Lipinski definition) is 5. The van der Waals surface area contributed by atoms with Gasteiger partial charge in [-0.3, -0.25) is 9.89 Å². The third-order valence-corrected chi connectivity index (χ3v) is 7.14. The van der Waals surface area contributed by atoms with Crippen LogP contribution < -0.4 is 10.6 Å². The van der Waals surface area contributed by atoms with Crippen LogP contribution in [0.5, 0.6) is 0 Å². The summed E-state index contributed by atoms with van der Waals surface area (Å²) < 4.78 is 0. The molecule has 2 saturated heterocycles. The fourth-order valence-corrected chi connectivity index (χ4v) is 4.94. The summed E-state index contributed by atoms with van der Waals surface area (Å²) in [5.74, 6) is 1.33. The number of rotatable bonds is 5. The largest absolute Gasteiger partial charge is 0.370 e. The molecule has 31 heavy (non-hydrogen) atoms. The maximum absolute atomic E-state index is 6.32. The highest BCUT2D eigenvalue weighted by atomic mass is 127. The molecule has 0 atom stereocenters. The van der Waals surface area contributed by atoms with Crippen molar-refractivity contribution >= 4 is 58.6 Å². The summed E-state index contributed by atoms with van der Waals surface area (Å²) in [4.78, 5) is 16.4. The normalized spacial score (nSPS) is 18.8. The summed E-state index contributed by atoms with van der Waals surface area (Å²) in [5.41, 5.74) is 8.75. The summed E-state index contributed by atoms with van der Waals surface area (Å²) in [5, 5.41) is 4.11. The maximum atomic E-state index is 6.32. The summed E-state index contributed by atoms with van der Waals surface area (Å²) in [7, 11) is 0. The monoisotopic (exact) mass is 574 g/mol. The van der Waals surface area contributed by atoms with E-state index in [4.69, 9.17) is 22.3 Å². The third kappa shape index (κ3) is 6.94. The molecule has 2 aliphatic heterocycles. The van der Waals surface area contributed by atoms with Crippen molar-refractivity contribution in [1.29, 1.82) is 0 Å². The zero-order valence-corrected chi connectivity index (χ0v) is 21.9. The first-order chi connectivity index (χ1) is 14.6. The number of piperazine rings is 1. The Hall–Kier alpha value is -1.10. The van der Waals surface area contributed by atoms with Crippen LogP contribution in [0.1, 0.15) is 23.5 Å². The maximum Gasteiger partial charge on any atom is 0.191 e. The molecule has 0 bridgehead atoms. The van der Waals surface area contributed by atoms with Crippen LogP contribution in [-0.4, -0.2) is 66.6 Å². The first-order valence-electron chi connectivity index (χ1n) is 10.8. The molecule has 2 N–H and O–H groups in total. The second-order valence-corrected chi connectivity index (χ2v) is 9.73. The Labute approximate surface area is 211 Å². The number of aryl methyl sites for hydroxylation is 1. The molecule has 2 fully saturated rings. The van der Waals surface area contributed by atoms with Gasteiger partial charge in [-0.05, 0) is 63.0 Å². The second kappa shape index (κ2) is 11.7. The summed E-state index contributed by atoms with van der Waals surface area (Å²) in [6.07, 6.45) is 2.37. The lowest BCUT2D eigenvalue weighted by Gasteiger charge is -2.37. The fraction of sp³-hybridized carbons (Fsp3) is 0.545. The molecule has 9 heteroatoms. The molecule has 0 spiro atoms. The Morgan fingerprint density at radius 2 is 1.81 bits per heavy atom. The summed E-state index contributed by atoms with van der Waals surface area (Å²) in [6.45, 7) is 9.84. The highest BCUT2D eigenvalue weighted by Gasteiger charge is 2.21. The van der Waals surface area contributed by atoms with Crippen molar-refractivity contribution < 1.29 is 0 Å². The minimum atomic E-state index is 0. The molecule has 0 radical (unpaired) electrons. The Morgan fingerprint density at radius 3 is 2.42 bits per heavy atom. The van der Waals surface area contributed by atoms with Gasteiger partial charge in [-0.15, -0.1) is 35.3 Å². The van der Waals surface area contributed by atoms with Gasteiger partial charge in [-0.1, -0.05) is 11.6 Å². The standard InChI is InChI=1S/C22H31ClN6S.HI/c1-17-26-20(16-30-17)15-27-8-6-18(7-9-27)14-25-22(24)29-12-10-28(11-13-29)21-4-2-19(23)3-5-21;/h2-5,16,18H,6-15H2,1H3,(H2,24,25);1H. The van der Waals surface area contributed by atoms with Gasteiger partial charge in [0.25, 0.3) is 0 Å². The molecule has 0 saturated carbocycles. The van der Waals surface area contributed by atoms with Gasteiger partial charge >= 0.3 is 0 Å². The van der Waals surface area contributed by atoms with Gasteiger partial charge in [0.2, 0.25) is 0 Å². The van der Waals surface area contributed by atoms with E-state index in [1.807, 2.05) is 12.1 Å². The molecule has 1 aromatic heterocycles. The van der Waals surface area contributed by atoms with Crippen LogP contribution in [0.15, 0.2) is 34.6 Å². The van der Waals surface area contributed by atoms with Crippen LogP contribution >= 0.6 is 46.9 Å². The van der Waals surface area contributed by atoms with E-state index in [9.17, 15) is 0 Å². The van der Waals surface area contributed by atoms with Gasteiger partial charge in [-0.25, -0.2) is 4.98 Å². The molecule has 2 aliphatic rings. The van der Waals surface area contributed by atoms with Crippen molar-refractivity contribution in [2.75, 3.05) is 50.7 Å². The van der Waals surface area contributed by atoms with Crippen LogP contribution in [0, 0.1) is 12.8 Å². The fourth-order valence-electron chi connectivity index (χ4n) is 4.21. The zero-order valence-electron chi connectivity index (χ0n) is 18.0. The van der Waals surface area contributed by atoms with Crippen LogP contribution in [0.4, 0.5) is 5.69 Å². The van der Waals surface area contributed by atoms with E-state index in [0.29, 0.717) is 11.9 Å². The van der Waals surface area contributed by atoms with Crippen LogP contribution in [0.2, 0.25) is 5.02 Å². The first-order valence-corrected chi connectivity index (χ1v) is 12.0. The number of nitrogens with two attached hydrogens (primary N) is 1. The SMILES string of the molecule is Cc1nc(CN2CCC(CN=C(N)N3CCN(c4ccc(Cl)cc4)CC3)CC2)cs1.I. The van der Waals surface area contributed by atoms with E-state index in [1.54, 1.807) is 11.3 Å². The number of hydrogen-bond donors (Lipinski definition) is 1. The van der Waals surface area contributed by atoms with Crippen LogP contribution in [0.3, 0.4) is 0 Å². The molecule has 2 aromatic rings. The smallest absolute Gasteiger partial charge is 0.191 e. The van der Waals surface area contributed by atoms with Crippen LogP contribution in [-0.2, 0) is 6.54 Å². The number of piperidine rings is 1. The van der Waals surface area contributed by atoms with E-state index in [1.165, 1.54) is 24.2 Å². The number of aliphatic imine (C=N–C) groups is 1. The van der Waals surface area contributed by atoms with Crippen LogP contribution in [0.25, 0.3) is 0 Å². The molecule has 0 unspecified atom stereocenters. The van der Waals surface area contributed by atoms with Gasteiger partial charge in [0, 0.05) is 55.4 Å². The van der Waals surface area contributed by atoms with Gasteiger partial charge in [0.1, 0.15) is 0 Å². The average Bonchev–Trinajstić information content (AvgIpc) is 3.18.